The van der Waals surface area contributed by atoms with Crippen molar-refractivity contribution in [2.45, 2.75) is 19.4 Å². The van der Waals surface area contributed by atoms with Crippen LogP contribution < -0.4 is 5.32 Å². The van der Waals surface area contributed by atoms with Crippen molar-refractivity contribution in [3.63, 3.8) is 0 Å². The minimum Gasteiger partial charge on any atom is -0.383 e. The molecule has 0 fully saturated rings. The summed E-state index contributed by atoms with van der Waals surface area (Å²) in [6, 6.07) is 3.02. The summed E-state index contributed by atoms with van der Waals surface area (Å²) in [5.41, 5.74) is 0.768. The van der Waals surface area contributed by atoms with Crippen molar-refractivity contribution >= 4 is 5.69 Å². The first-order valence-electron chi connectivity index (χ1n) is 5.49. The van der Waals surface area contributed by atoms with Gasteiger partial charge in [0.2, 0.25) is 0 Å². The zero-order valence-electron chi connectivity index (χ0n) is 10.0. The van der Waals surface area contributed by atoms with Crippen LogP contribution in [0.4, 0.5) is 5.69 Å². The summed E-state index contributed by atoms with van der Waals surface area (Å²) in [5.74, 6) is 0. The molecule has 1 aromatic heterocycles. The van der Waals surface area contributed by atoms with Crippen molar-refractivity contribution in [3.8, 4) is 0 Å². The maximum absolute atomic E-state index is 10.6. The number of aromatic nitrogens is 1. The van der Waals surface area contributed by atoms with E-state index in [4.69, 9.17) is 4.74 Å². The van der Waals surface area contributed by atoms with Crippen LogP contribution in [-0.2, 0) is 11.2 Å². The Hall–Kier alpha value is -1.53. The number of hydrogen-bond acceptors (Lipinski definition) is 5. The monoisotopic (exact) mass is 239 g/mol. The molecule has 0 aliphatic heterocycles. The van der Waals surface area contributed by atoms with E-state index < -0.39 is 4.92 Å². The van der Waals surface area contributed by atoms with Gasteiger partial charge in [0.15, 0.2) is 0 Å². The Bertz CT molecular complexity index is 365. The fraction of sp³-hybridized carbons (Fsp3) is 0.545. The molecule has 6 heteroatoms. The third kappa shape index (κ3) is 4.46. The normalized spacial score (nSPS) is 12.4. The smallest absolute Gasteiger partial charge is 0.272 e. The number of methoxy groups -OCH3 is 1. The van der Waals surface area contributed by atoms with Crippen molar-refractivity contribution < 1.29 is 9.66 Å². The first-order chi connectivity index (χ1) is 8.17. The van der Waals surface area contributed by atoms with Gasteiger partial charge in [-0.05, 0) is 6.54 Å². The van der Waals surface area contributed by atoms with Gasteiger partial charge in [-0.15, -0.1) is 0 Å². The van der Waals surface area contributed by atoms with Crippen molar-refractivity contribution in [3.05, 3.63) is 34.1 Å². The lowest BCUT2D eigenvalue weighted by molar-refractivity contribution is -0.385. The third-order valence-corrected chi connectivity index (χ3v) is 2.33. The summed E-state index contributed by atoms with van der Waals surface area (Å²) in [7, 11) is 1.63. The fourth-order valence-electron chi connectivity index (χ4n) is 1.62. The maximum atomic E-state index is 10.6. The highest BCUT2D eigenvalue weighted by atomic mass is 16.6. The van der Waals surface area contributed by atoms with E-state index >= 15 is 0 Å². The van der Waals surface area contributed by atoms with Crippen LogP contribution >= 0.6 is 0 Å². The Morgan fingerprint density at radius 3 is 3.00 bits per heavy atom. The van der Waals surface area contributed by atoms with E-state index in [-0.39, 0.29) is 11.7 Å². The Balaban J connectivity index is 2.71. The van der Waals surface area contributed by atoms with Gasteiger partial charge in [-0.1, -0.05) is 6.92 Å². The molecule has 1 N–H and O–H groups in total. The zero-order valence-corrected chi connectivity index (χ0v) is 10.0. The highest BCUT2D eigenvalue weighted by Crippen LogP contribution is 2.12. The fourth-order valence-corrected chi connectivity index (χ4v) is 1.62. The maximum Gasteiger partial charge on any atom is 0.272 e. The van der Waals surface area contributed by atoms with Crippen LogP contribution in [0.3, 0.4) is 0 Å². The van der Waals surface area contributed by atoms with E-state index in [1.165, 1.54) is 18.3 Å². The summed E-state index contributed by atoms with van der Waals surface area (Å²) in [6.07, 6.45) is 2.08. The van der Waals surface area contributed by atoms with E-state index in [9.17, 15) is 10.1 Å². The number of nitrogens with one attached hydrogen (secondary N) is 1. The SMILES string of the molecule is CCNC(COC)Cc1cc([N+](=O)[O-])ccn1. The number of nitro groups is 1. The number of hydrogen-bond donors (Lipinski definition) is 1. The average Bonchev–Trinajstić information content (AvgIpc) is 2.30. The zero-order chi connectivity index (χ0) is 12.7. The minimum atomic E-state index is -0.413. The lowest BCUT2D eigenvalue weighted by Gasteiger charge is -2.16. The van der Waals surface area contributed by atoms with Crippen LogP contribution in [0.2, 0.25) is 0 Å². The summed E-state index contributed by atoms with van der Waals surface area (Å²) in [4.78, 5) is 14.3. The van der Waals surface area contributed by atoms with Crippen LogP contribution in [0.25, 0.3) is 0 Å². The molecule has 94 valence electrons. The molecule has 0 aromatic carbocycles. The van der Waals surface area contributed by atoms with Gasteiger partial charge in [0, 0.05) is 43.6 Å². The Morgan fingerprint density at radius 2 is 2.41 bits per heavy atom. The molecule has 0 aliphatic carbocycles. The standard InChI is InChI=1S/C11H17N3O3/c1-3-12-10(8-17-2)6-9-7-11(14(15)16)4-5-13-9/h4-5,7,10,12H,3,6,8H2,1-2H3. The van der Waals surface area contributed by atoms with Crippen LogP contribution in [0.1, 0.15) is 12.6 Å². The first kappa shape index (κ1) is 13.5. The molecule has 0 aliphatic rings. The van der Waals surface area contributed by atoms with E-state index in [0.29, 0.717) is 18.7 Å². The minimum absolute atomic E-state index is 0.0719. The second-order valence-corrected chi connectivity index (χ2v) is 3.68. The lowest BCUT2D eigenvalue weighted by atomic mass is 10.1. The Kier molecular flexibility index (Phi) is 5.51. The molecule has 1 atom stereocenters. The Labute approximate surface area is 100 Å². The molecule has 0 spiro atoms. The molecule has 0 amide bonds. The molecule has 6 nitrogen and oxygen atoms in total. The second kappa shape index (κ2) is 6.93. The van der Waals surface area contributed by atoms with Crippen molar-refractivity contribution in [1.29, 1.82) is 0 Å². The van der Waals surface area contributed by atoms with E-state index in [0.717, 1.165) is 6.54 Å². The molecule has 0 radical (unpaired) electrons. The van der Waals surface area contributed by atoms with Crippen LogP contribution in [-0.4, -0.2) is 36.2 Å². The van der Waals surface area contributed by atoms with Gasteiger partial charge in [0.25, 0.3) is 5.69 Å². The van der Waals surface area contributed by atoms with E-state index in [1.807, 2.05) is 6.92 Å². The number of likely N-dealkylation sites (N-methyl/N-ethyl adjacent to an activating group) is 1. The molecule has 0 saturated heterocycles. The molecule has 0 saturated carbocycles. The number of rotatable bonds is 7. The largest absolute Gasteiger partial charge is 0.383 e. The molecular formula is C11H17N3O3. The molecular weight excluding hydrogens is 222 g/mol. The lowest BCUT2D eigenvalue weighted by Crippen LogP contribution is -2.35. The van der Waals surface area contributed by atoms with Crippen LogP contribution in [0.5, 0.6) is 0 Å². The van der Waals surface area contributed by atoms with Crippen LogP contribution in [0, 0.1) is 10.1 Å². The first-order valence-corrected chi connectivity index (χ1v) is 5.49. The number of ether oxygens (including phenoxy) is 1. The van der Waals surface area contributed by atoms with Gasteiger partial charge < -0.3 is 10.1 Å². The van der Waals surface area contributed by atoms with Gasteiger partial charge in [-0.3, -0.25) is 15.1 Å². The molecule has 1 aromatic rings. The van der Waals surface area contributed by atoms with Gasteiger partial charge >= 0.3 is 0 Å². The van der Waals surface area contributed by atoms with Crippen molar-refractivity contribution in [1.82, 2.24) is 10.3 Å². The van der Waals surface area contributed by atoms with Crippen molar-refractivity contribution in [2.75, 3.05) is 20.3 Å². The highest BCUT2D eigenvalue weighted by Gasteiger charge is 2.12. The quantitative estimate of drug-likeness (QED) is 0.570. The topological polar surface area (TPSA) is 77.3 Å². The van der Waals surface area contributed by atoms with Gasteiger partial charge in [-0.2, -0.15) is 0 Å². The molecule has 1 unspecified atom stereocenters. The third-order valence-electron chi connectivity index (χ3n) is 2.33. The molecule has 17 heavy (non-hydrogen) atoms. The summed E-state index contributed by atoms with van der Waals surface area (Å²) < 4.78 is 5.08. The van der Waals surface area contributed by atoms with Crippen LogP contribution in [0.15, 0.2) is 18.3 Å². The summed E-state index contributed by atoms with van der Waals surface area (Å²) in [6.45, 7) is 3.38. The van der Waals surface area contributed by atoms with Gasteiger partial charge in [0.1, 0.15) is 0 Å². The van der Waals surface area contributed by atoms with Crippen molar-refractivity contribution in [2.24, 2.45) is 0 Å². The predicted molar refractivity (Wildman–Crippen MR) is 63.9 cm³/mol. The average molecular weight is 239 g/mol. The van der Waals surface area contributed by atoms with E-state index in [1.54, 1.807) is 7.11 Å². The Morgan fingerprint density at radius 1 is 1.65 bits per heavy atom. The summed E-state index contributed by atoms with van der Waals surface area (Å²) in [5, 5.41) is 13.9. The van der Waals surface area contributed by atoms with Gasteiger partial charge in [-0.25, -0.2) is 0 Å². The highest BCUT2D eigenvalue weighted by molar-refractivity contribution is 5.29. The molecule has 1 rings (SSSR count). The number of nitrogens with zero attached hydrogens (tertiary/aromatic N) is 2. The summed E-state index contributed by atoms with van der Waals surface area (Å²) >= 11 is 0. The molecule has 0 bridgehead atoms. The number of pyridine rings is 1. The predicted octanol–water partition coefficient (Wildman–Crippen LogP) is 1.16. The second-order valence-electron chi connectivity index (χ2n) is 3.68. The van der Waals surface area contributed by atoms with E-state index in [2.05, 4.69) is 10.3 Å². The van der Waals surface area contributed by atoms with Gasteiger partial charge in [0.05, 0.1) is 11.5 Å². The molecule has 1 heterocycles.